The van der Waals surface area contributed by atoms with E-state index in [2.05, 4.69) is 10.4 Å². The SMILES string of the molecule is CCCn1nc(C(=O)NCCC(=O)N2CCCC2)ccc1=O. The van der Waals surface area contributed by atoms with Gasteiger partial charge in [-0.1, -0.05) is 6.92 Å². The molecule has 0 radical (unpaired) electrons. The van der Waals surface area contributed by atoms with E-state index < -0.39 is 0 Å². The first-order valence-electron chi connectivity index (χ1n) is 7.76. The fourth-order valence-corrected chi connectivity index (χ4v) is 2.44. The number of hydrogen-bond acceptors (Lipinski definition) is 4. The van der Waals surface area contributed by atoms with Crippen molar-refractivity contribution in [1.82, 2.24) is 20.0 Å². The molecule has 0 unspecified atom stereocenters. The summed E-state index contributed by atoms with van der Waals surface area (Å²) in [6.07, 6.45) is 3.17. The number of aryl methyl sites for hydroxylation is 1. The standard InChI is InChI=1S/C15H22N4O3/c1-2-9-19-14(21)6-5-12(17-19)15(22)16-8-7-13(20)18-10-3-4-11-18/h5-6H,2-4,7-11H2,1H3,(H,16,22). The number of rotatable bonds is 6. The lowest BCUT2D eigenvalue weighted by Gasteiger charge is -2.15. The van der Waals surface area contributed by atoms with Gasteiger partial charge in [0.05, 0.1) is 0 Å². The molecule has 2 amide bonds. The molecule has 0 aliphatic carbocycles. The van der Waals surface area contributed by atoms with Crippen LogP contribution in [-0.2, 0) is 11.3 Å². The van der Waals surface area contributed by atoms with Crippen molar-refractivity contribution < 1.29 is 9.59 Å². The zero-order valence-corrected chi connectivity index (χ0v) is 12.9. The van der Waals surface area contributed by atoms with Crippen molar-refractivity contribution in [2.75, 3.05) is 19.6 Å². The predicted molar refractivity (Wildman–Crippen MR) is 81.6 cm³/mol. The van der Waals surface area contributed by atoms with E-state index in [1.165, 1.54) is 16.8 Å². The molecule has 0 aromatic carbocycles. The monoisotopic (exact) mass is 306 g/mol. The maximum Gasteiger partial charge on any atom is 0.271 e. The van der Waals surface area contributed by atoms with Gasteiger partial charge in [-0.25, -0.2) is 4.68 Å². The van der Waals surface area contributed by atoms with Crippen LogP contribution in [0.25, 0.3) is 0 Å². The number of nitrogens with one attached hydrogen (secondary N) is 1. The van der Waals surface area contributed by atoms with Crippen molar-refractivity contribution in [2.24, 2.45) is 0 Å². The first-order chi connectivity index (χ1) is 10.6. The Bertz CT molecular complexity index is 591. The van der Waals surface area contributed by atoms with Gasteiger partial charge in [0, 0.05) is 38.7 Å². The molecule has 1 fully saturated rings. The van der Waals surface area contributed by atoms with E-state index in [9.17, 15) is 14.4 Å². The molecule has 0 atom stereocenters. The fourth-order valence-electron chi connectivity index (χ4n) is 2.44. The lowest BCUT2D eigenvalue weighted by atomic mass is 10.3. The number of aromatic nitrogens is 2. The third-order valence-electron chi connectivity index (χ3n) is 3.62. The molecule has 1 N–H and O–H groups in total. The van der Waals surface area contributed by atoms with Gasteiger partial charge in [-0.15, -0.1) is 0 Å². The molecular weight excluding hydrogens is 284 g/mol. The molecule has 7 heteroatoms. The van der Waals surface area contributed by atoms with Crippen molar-refractivity contribution in [2.45, 2.75) is 39.2 Å². The second-order valence-corrected chi connectivity index (χ2v) is 5.37. The Morgan fingerprint density at radius 2 is 2.00 bits per heavy atom. The lowest BCUT2D eigenvalue weighted by Crippen LogP contribution is -2.34. The van der Waals surface area contributed by atoms with E-state index in [0.29, 0.717) is 13.0 Å². The Morgan fingerprint density at radius 3 is 2.68 bits per heavy atom. The molecule has 0 saturated carbocycles. The topological polar surface area (TPSA) is 84.3 Å². The van der Waals surface area contributed by atoms with Crippen molar-refractivity contribution in [1.29, 1.82) is 0 Å². The summed E-state index contributed by atoms with van der Waals surface area (Å²) >= 11 is 0. The molecule has 0 bridgehead atoms. The Hall–Kier alpha value is -2.18. The molecule has 1 saturated heterocycles. The highest BCUT2D eigenvalue weighted by atomic mass is 16.2. The summed E-state index contributed by atoms with van der Waals surface area (Å²) in [5.74, 6) is -0.291. The third kappa shape index (κ3) is 4.16. The van der Waals surface area contributed by atoms with E-state index >= 15 is 0 Å². The minimum absolute atomic E-state index is 0.0710. The first-order valence-corrected chi connectivity index (χ1v) is 7.76. The molecule has 2 heterocycles. The van der Waals surface area contributed by atoms with E-state index in [0.717, 1.165) is 32.4 Å². The van der Waals surface area contributed by atoms with Crippen LogP contribution in [0.1, 0.15) is 43.1 Å². The average molecular weight is 306 g/mol. The maximum absolute atomic E-state index is 12.0. The number of amides is 2. The Morgan fingerprint density at radius 1 is 1.27 bits per heavy atom. The van der Waals surface area contributed by atoms with E-state index in [-0.39, 0.29) is 29.6 Å². The summed E-state index contributed by atoms with van der Waals surface area (Å²) in [5, 5.41) is 6.71. The second kappa shape index (κ2) is 7.72. The summed E-state index contributed by atoms with van der Waals surface area (Å²) in [6, 6.07) is 2.75. The summed E-state index contributed by atoms with van der Waals surface area (Å²) in [7, 11) is 0. The van der Waals surface area contributed by atoms with Crippen LogP contribution in [0, 0.1) is 0 Å². The molecule has 1 aliphatic rings. The fraction of sp³-hybridized carbons (Fsp3) is 0.600. The minimum atomic E-state index is -0.362. The zero-order chi connectivity index (χ0) is 15.9. The first kappa shape index (κ1) is 16.2. The Kier molecular flexibility index (Phi) is 5.68. The van der Waals surface area contributed by atoms with Crippen molar-refractivity contribution in [3.8, 4) is 0 Å². The van der Waals surface area contributed by atoms with Gasteiger partial charge in [0.2, 0.25) is 5.91 Å². The van der Waals surface area contributed by atoms with Crippen LogP contribution in [0.4, 0.5) is 0 Å². The van der Waals surface area contributed by atoms with Gasteiger partial charge in [-0.3, -0.25) is 14.4 Å². The number of hydrogen-bond donors (Lipinski definition) is 1. The van der Waals surface area contributed by atoms with Gasteiger partial charge in [0.1, 0.15) is 5.69 Å². The Labute approximate surface area is 129 Å². The van der Waals surface area contributed by atoms with Gasteiger partial charge in [-0.2, -0.15) is 5.10 Å². The van der Waals surface area contributed by atoms with Gasteiger partial charge in [-0.05, 0) is 25.3 Å². The summed E-state index contributed by atoms with van der Waals surface area (Å²) in [5.41, 5.74) is -0.0238. The van der Waals surface area contributed by atoms with Crippen LogP contribution in [0.5, 0.6) is 0 Å². The molecule has 7 nitrogen and oxygen atoms in total. The van der Waals surface area contributed by atoms with Crippen LogP contribution in [-0.4, -0.2) is 46.1 Å². The van der Waals surface area contributed by atoms with Crippen LogP contribution in [0.2, 0.25) is 0 Å². The molecular formula is C15H22N4O3. The normalized spacial score (nSPS) is 14.1. The highest BCUT2D eigenvalue weighted by molar-refractivity contribution is 5.92. The highest BCUT2D eigenvalue weighted by Crippen LogP contribution is 2.08. The highest BCUT2D eigenvalue weighted by Gasteiger charge is 2.17. The largest absolute Gasteiger partial charge is 0.350 e. The molecule has 22 heavy (non-hydrogen) atoms. The average Bonchev–Trinajstić information content (AvgIpc) is 3.04. The van der Waals surface area contributed by atoms with E-state index in [4.69, 9.17) is 0 Å². The van der Waals surface area contributed by atoms with Gasteiger partial charge < -0.3 is 10.2 Å². The number of carbonyl (C=O) groups excluding carboxylic acids is 2. The van der Waals surface area contributed by atoms with Gasteiger partial charge >= 0.3 is 0 Å². The summed E-state index contributed by atoms with van der Waals surface area (Å²) in [6.45, 7) is 4.33. The van der Waals surface area contributed by atoms with Crippen molar-refractivity contribution in [3.05, 3.63) is 28.2 Å². The van der Waals surface area contributed by atoms with Crippen LogP contribution in [0.15, 0.2) is 16.9 Å². The summed E-state index contributed by atoms with van der Waals surface area (Å²) in [4.78, 5) is 37.2. The smallest absolute Gasteiger partial charge is 0.271 e. The predicted octanol–water partition coefficient (Wildman–Crippen LogP) is 0.396. The minimum Gasteiger partial charge on any atom is -0.350 e. The van der Waals surface area contributed by atoms with Crippen molar-refractivity contribution in [3.63, 3.8) is 0 Å². The molecule has 0 spiro atoms. The van der Waals surface area contributed by atoms with Crippen molar-refractivity contribution >= 4 is 11.8 Å². The number of nitrogens with zero attached hydrogens (tertiary/aromatic N) is 3. The number of likely N-dealkylation sites (tertiary alicyclic amines) is 1. The third-order valence-corrected chi connectivity index (χ3v) is 3.62. The number of carbonyl (C=O) groups is 2. The molecule has 1 aromatic heterocycles. The molecule has 1 aliphatic heterocycles. The molecule has 1 aromatic rings. The molecule has 120 valence electrons. The molecule has 2 rings (SSSR count). The van der Waals surface area contributed by atoms with Gasteiger partial charge in [0.15, 0.2) is 0 Å². The van der Waals surface area contributed by atoms with Gasteiger partial charge in [0.25, 0.3) is 11.5 Å². The quantitative estimate of drug-likeness (QED) is 0.824. The van der Waals surface area contributed by atoms with Crippen LogP contribution >= 0.6 is 0 Å². The zero-order valence-electron chi connectivity index (χ0n) is 12.9. The second-order valence-electron chi connectivity index (χ2n) is 5.37. The summed E-state index contributed by atoms with van der Waals surface area (Å²) < 4.78 is 1.28. The maximum atomic E-state index is 12.0. The van der Waals surface area contributed by atoms with E-state index in [1.54, 1.807) is 0 Å². The van der Waals surface area contributed by atoms with Crippen LogP contribution < -0.4 is 10.9 Å². The van der Waals surface area contributed by atoms with E-state index in [1.807, 2.05) is 11.8 Å². The lowest BCUT2D eigenvalue weighted by molar-refractivity contribution is -0.129. The van der Waals surface area contributed by atoms with Crippen LogP contribution in [0.3, 0.4) is 0 Å². The Balaban J connectivity index is 1.85.